The van der Waals surface area contributed by atoms with Crippen LogP contribution in [0, 0.1) is 0 Å². The molecule has 0 saturated heterocycles. The molecule has 23 heavy (non-hydrogen) atoms. The molecule has 0 bridgehead atoms. The lowest BCUT2D eigenvalue weighted by atomic mass is 9.99. The molecule has 0 radical (unpaired) electrons. The minimum absolute atomic E-state index is 0.0670. The molecule has 0 spiro atoms. The molecule has 1 aliphatic rings. The first-order chi connectivity index (χ1) is 11.2. The zero-order valence-electron chi connectivity index (χ0n) is 12.6. The summed E-state index contributed by atoms with van der Waals surface area (Å²) < 4.78 is 0. The number of nitrogens with zero attached hydrogens (tertiary/aromatic N) is 1. The first-order valence-electron chi connectivity index (χ1n) is 7.49. The lowest BCUT2D eigenvalue weighted by molar-refractivity contribution is 0.471. The number of fused-ring (bicyclic) bond motifs is 2. The second kappa shape index (κ2) is 4.99. The molecular formula is C20H15NO2. The Morgan fingerprint density at radius 3 is 2.39 bits per heavy atom. The van der Waals surface area contributed by atoms with Gasteiger partial charge in [-0.25, -0.2) is 4.98 Å². The summed E-state index contributed by atoms with van der Waals surface area (Å²) in [6.07, 6.45) is 1.94. The summed E-state index contributed by atoms with van der Waals surface area (Å²) >= 11 is 0. The highest BCUT2D eigenvalue weighted by Crippen LogP contribution is 2.46. The third kappa shape index (κ3) is 1.94. The van der Waals surface area contributed by atoms with Crippen LogP contribution in [0.2, 0.25) is 0 Å². The lowest BCUT2D eigenvalue weighted by Gasteiger charge is -2.10. The van der Waals surface area contributed by atoms with Crippen LogP contribution in [0.1, 0.15) is 23.7 Å². The summed E-state index contributed by atoms with van der Waals surface area (Å²) in [6, 6.07) is 17.0. The molecule has 0 amide bonds. The highest BCUT2D eigenvalue weighted by atomic mass is 16.3. The molecule has 2 N–H and O–H groups in total. The van der Waals surface area contributed by atoms with E-state index in [-0.39, 0.29) is 11.5 Å². The van der Waals surface area contributed by atoms with Crippen molar-refractivity contribution < 1.29 is 10.2 Å². The molecule has 112 valence electrons. The first kappa shape index (κ1) is 13.6. The van der Waals surface area contributed by atoms with Gasteiger partial charge in [-0.1, -0.05) is 48.5 Å². The van der Waals surface area contributed by atoms with E-state index < -0.39 is 0 Å². The topological polar surface area (TPSA) is 53.4 Å². The van der Waals surface area contributed by atoms with Gasteiger partial charge in [-0.05, 0) is 30.2 Å². The van der Waals surface area contributed by atoms with Crippen molar-refractivity contribution in [1.82, 2.24) is 4.98 Å². The summed E-state index contributed by atoms with van der Waals surface area (Å²) in [6.45, 7) is 1.92. The van der Waals surface area contributed by atoms with Crippen LogP contribution in [-0.4, -0.2) is 15.2 Å². The van der Waals surface area contributed by atoms with Crippen molar-refractivity contribution in [3.8, 4) is 5.75 Å². The molecule has 3 aromatic rings. The highest BCUT2D eigenvalue weighted by molar-refractivity contribution is 6.20. The van der Waals surface area contributed by atoms with Gasteiger partial charge in [0.25, 0.3) is 0 Å². The van der Waals surface area contributed by atoms with Gasteiger partial charge in [0, 0.05) is 10.9 Å². The third-order valence-corrected chi connectivity index (χ3v) is 4.21. The Hall–Kier alpha value is -3.07. The van der Waals surface area contributed by atoms with Crippen LogP contribution in [0.4, 0.5) is 0 Å². The standard InChI is InChI=1S/C20H15NO2/c1-2-13-14-8-4-5-9-15(14)20(23)18(13)19-17(22)11-12-7-3-6-10-16(12)21-19/h2-11,22-23H,1H3/b13-2+. The zero-order valence-corrected chi connectivity index (χ0v) is 12.6. The van der Waals surface area contributed by atoms with Gasteiger partial charge in [0.2, 0.25) is 0 Å². The smallest absolute Gasteiger partial charge is 0.142 e. The molecule has 0 atom stereocenters. The minimum atomic E-state index is 0.0670. The molecule has 1 heterocycles. The van der Waals surface area contributed by atoms with Crippen LogP contribution >= 0.6 is 0 Å². The molecule has 3 heteroatoms. The summed E-state index contributed by atoms with van der Waals surface area (Å²) in [5, 5.41) is 22.0. The molecule has 3 nitrogen and oxygen atoms in total. The molecule has 0 fully saturated rings. The number of hydrogen-bond acceptors (Lipinski definition) is 3. The van der Waals surface area contributed by atoms with Crippen molar-refractivity contribution in [2.24, 2.45) is 0 Å². The maximum atomic E-state index is 10.7. The average molecular weight is 301 g/mol. The zero-order chi connectivity index (χ0) is 16.0. The Morgan fingerprint density at radius 1 is 0.913 bits per heavy atom. The fourth-order valence-corrected chi connectivity index (χ4v) is 3.15. The van der Waals surface area contributed by atoms with Crippen LogP contribution in [0.3, 0.4) is 0 Å². The number of rotatable bonds is 1. The van der Waals surface area contributed by atoms with Crippen LogP contribution < -0.4 is 0 Å². The van der Waals surface area contributed by atoms with E-state index in [2.05, 4.69) is 4.98 Å². The van der Waals surface area contributed by atoms with Gasteiger partial charge in [-0.2, -0.15) is 0 Å². The first-order valence-corrected chi connectivity index (χ1v) is 7.49. The van der Waals surface area contributed by atoms with Crippen molar-refractivity contribution in [2.45, 2.75) is 6.92 Å². The van der Waals surface area contributed by atoms with Gasteiger partial charge in [0.15, 0.2) is 0 Å². The van der Waals surface area contributed by atoms with E-state index in [9.17, 15) is 10.2 Å². The van der Waals surface area contributed by atoms with Crippen molar-refractivity contribution in [2.75, 3.05) is 0 Å². The summed E-state index contributed by atoms with van der Waals surface area (Å²) in [5.74, 6) is 0.226. The summed E-state index contributed by atoms with van der Waals surface area (Å²) in [7, 11) is 0. The number of aromatic hydroxyl groups is 1. The Bertz CT molecular complexity index is 999. The SMILES string of the molecule is C/C=C1/C(c2nc3ccccc3cc2O)=C(O)c2ccccc21. The van der Waals surface area contributed by atoms with E-state index in [4.69, 9.17) is 0 Å². The van der Waals surface area contributed by atoms with Gasteiger partial charge in [0.1, 0.15) is 17.2 Å². The van der Waals surface area contributed by atoms with Crippen molar-refractivity contribution in [1.29, 1.82) is 0 Å². The number of hydrogen-bond donors (Lipinski definition) is 2. The monoisotopic (exact) mass is 301 g/mol. The molecular weight excluding hydrogens is 286 g/mol. The van der Waals surface area contributed by atoms with E-state index in [1.54, 1.807) is 6.07 Å². The van der Waals surface area contributed by atoms with Crippen molar-refractivity contribution >= 4 is 27.8 Å². The Morgan fingerprint density at radius 2 is 1.61 bits per heavy atom. The quantitative estimate of drug-likeness (QED) is 0.680. The largest absolute Gasteiger partial charge is 0.507 e. The Balaban J connectivity index is 2.01. The second-order valence-corrected chi connectivity index (χ2v) is 5.52. The number of aromatic nitrogens is 1. The Labute approximate surface area is 133 Å². The van der Waals surface area contributed by atoms with E-state index in [0.29, 0.717) is 11.3 Å². The molecule has 0 aliphatic heterocycles. The second-order valence-electron chi connectivity index (χ2n) is 5.52. The number of allylic oxidation sites excluding steroid dienone is 3. The van der Waals surface area contributed by atoms with E-state index in [0.717, 1.165) is 27.6 Å². The van der Waals surface area contributed by atoms with Crippen LogP contribution in [-0.2, 0) is 0 Å². The van der Waals surface area contributed by atoms with Crippen LogP contribution in [0.25, 0.3) is 27.8 Å². The van der Waals surface area contributed by atoms with Crippen LogP contribution in [0.5, 0.6) is 5.75 Å². The van der Waals surface area contributed by atoms with Crippen molar-refractivity contribution in [3.63, 3.8) is 0 Å². The lowest BCUT2D eigenvalue weighted by Crippen LogP contribution is -1.93. The van der Waals surface area contributed by atoms with Gasteiger partial charge < -0.3 is 10.2 Å². The van der Waals surface area contributed by atoms with Crippen molar-refractivity contribution in [3.05, 3.63) is 77.5 Å². The maximum Gasteiger partial charge on any atom is 0.142 e. The van der Waals surface area contributed by atoms with Gasteiger partial charge in [-0.15, -0.1) is 0 Å². The summed E-state index contributed by atoms with van der Waals surface area (Å²) in [5.41, 5.74) is 4.38. The molecule has 0 saturated carbocycles. The number of benzene rings is 2. The summed E-state index contributed by atoms with van der Waals surface area (Å²) in [4.78, 5) is 4.58. The predicted molar refractivity (Wildman–Crippen MR) is 92.9 cm³/mol. The molecule has 1 aliphatic carbocycles. The van der Waals surface area contributed by atoms with E-state index in [1.807, 2.05) is 61.5 Å². The predicted octanol–water partition coefficient (Wildman–Crippen LogP) is 4.78. The van der Waals surface area contributed by atoms with E-state index >= 15 is 0 Å². The molecule has 2 aromatic carbocycles. The van der Waals surface area contributed by atoms with Crippen LogP contribution in [0.15, 0.2) is 60.7 Å². The fourth-order valence-electron chi connectivity index (χ4n) is 3.15. The molecule has 0 unspecified atom stereocenters. The normalized spacial score (nSPS) is 15.4. The third-order valence-electron chi connectivity index (χ3n) is 4.21. The van der Waals surface area contributed by atoms with Gasteiger partial charge in [-0.3, -0.25) is 0 Å². The van der Waals surface area contributed by atoms with E-state index in [1.165, 1.54) is 0 Å². The van der Waals surface area contributed by atoms with Gasteiger partial charge in [0.05, 0.1) is 11.1 Å². The highest BCUT2D eigenvalue weighted by Gasteiger charge is 2.29. The number of aliphatic hydroxyl groups excluding tert-OH is 1. The number of aliphatic hydroxyl groups is 1. The molecule has 4 rings (SSSR count). The molecule has 1 aromatic heterocycles. The average Bonchev–Trinajstić information content (AvgIpc) is 2.86. The maximum absolute atomic E-state index is 10.7. The fraction of sp³-hybridized carbons (Fsp3) is 0.0500. The minimum Gasteiger partial charge on any atom is -0.507 e. The number of para-hydroxylation sites is 1. The number of pyridine rings is 1. The Kier molecular flexibility index (Phi) is 2.95. The van der Waals surface area contributed by atoms with Gasteiger partial charge >= 0.3 is 0 Å².